The molecule has 0 saturated carbocycles. The van der Waals surface area contributed by atoms with Gasteiger partial charge < -0.3 is 10.1 Å². The smallest absolute Gasteiger partial charge is 0.341 e. The van der Waals surface area contributed by atoms with Crippen LogP contribution >= 0.6 is 34.5 Å². The van der Waals surface area contributed by atoms with Gasteiger partial charge in [0.25, 0.3) is 5.91 Å². The van der Waals surface area contributed by atoms with Gasteiger partial charge in [0.1, 0.15) is 5.00 Å². The molecule has 0 aliphatic heterocycles. The van der Waals surface area contributed by atoms with Gasteiger partial charge in [-0.3, -0.25) is 4.79 Å². The summed E-state index contributed by atoms with van der Waals surface area (Å²) < 4.78 is 5.43. The highest BCUT2D eigenvalue weighted by Gasteiger charge is 2.30. The van der Waals surface area contributed by atoms with Crippen molar-refractivity contribution < 1.29 is 14.3 Å². The molecule has 0 fully saturated rings. The second-order valence-corrected chi connectivity index (χ2v) is 9.04. The van der Waals surface area contributed by atoms with Crippen LogP contribution in [0.5, 0.6) is 0 Å². The zero-order valence-corrected chi connectivity index (χ0v) is 17.7. The van der Waals surface area contributed by atoms with E-state index in [9.17, 15) is 9.59 Å². The number of carbonyl (C=O) groups is 2. The lowest BCUT2D eigenvalue weighted by molar-refractivity contribution is 0.0378. The largest absolute Gasteiger partial charge is 0.459 e. The number of hydrogen-bond donors (Lipinski definition) is 1. The fraction of sp³-hybridized carbons (Fsp3) is 0.400. The molecule has 1 N–H and O–H groups in total. The van der Waals surface area contributed by atoms with Crippen molar-refractivity contribution in [3.8, 4) is 0 Å². The van der Waals surface area contributed by atoms with Crippen LogP contribution in [0, 0.1) is 5.92 Å². The number of ether oxygens (including phenoxy) is 1. The van der Waals surface area contributed by atoms with Gasteiger partial charge in [0.05, 0.1) is 22.3 Å². The standard InChI is InChI=1S/C20H21Cl2NO3S/c1-10(2)26-20(25)17-13-6-4-11(3)8-16(13)27-19(17)23-18(24)14-9-12(21)5-7-15(14)22/h5,7,9-11H,4,6,8H2,1-3H3,(H,23,24). The summed E-state index contributed by atoms with van der Waals surface area (Å²) in [6.45, 7) is 5.81. The van der Waals surface area contributed by atoms with E-state index in [0.29, 0.717) is 26.5 Å². The molecule has 1 aliphatic rings. The second-order valence-electron chi connectivity index (χ2n) is 7.09. The first-order valence-electron chi connectivity index (χ1n) is 8.88. The van der Waals surface area contributed by atoms with Gasteiger partial charge in [0.15, 0.2) is 0 Å². The molecule has 1 aromatic heterocycles. The van der Waals surface area contributed by atoms with Gasteiger partial charge in [0, 0.05) is 9.90 Å². The van der Waals surface area contributed by atoms with E-state index in [0.717, 1.165) is 29.7 Å². The maximum absolute atomic E-state index is 12.8. The lowest BCUT2D eigenvalue weighted by Crippen LogP contribution is -2.18. The third-order valence-electron chi connectivity index (χ3n) is 4.46. The molecule has 1 amide bonds. The SMILES string of the molecule is CC1CCc2c(sc(NC(=O)c3cc(Cl)ccc3Cl)c2C(=O)OC(C)C)C1. The Kier molecular flexibility index (Phi) is 6.14. The highest BCUT2D eigenvalue weighted by molar-refractivity contribution is 7.17. The summed E-state index contributed by atoms with van der Waals surface area (Å²) in [5.74, 6) is -0.242. The number of halogens is 2. The number of nitrogens with one attached hydrogen (secondary N) is 1. The lowest BCUT2D eigenvalue weighted by atomic mass is 9.88. The molecule has 0 bridgehead atoms. The molecule has 1 heterocycles. The molecule has 144 valence electrons. The zero-order chi connectivity index (χ0) is 19.7. The fourth-order valence-corrected chi connectivity index (χ4v) is 4.94. The Balaban J connectivity index is 1.97. The zero-order valence-electron chi connectivity index (χ0n) is 15.4. The minimum absolute atomic E-state index is 0.235. The van der Waals surface area contributed by atoms with E-state index in [1.54, 1.807) is 12.1 Å². The van der Waals surface area contributed by atoms with Gasteiger partial charge in [-0.15, -0.1) is 11.3 Å². The average Bonchev–Trinajstić information content (AvgIpc) is 2.93. The van der Waals surface area contributed by atoms with Crippen LogP contribution in [0.2, 0.25) is 10.0 Å². The highest BCUT2D eigenvalue weighted by Crippen LogP contribution is 2.40. The average molecular weight is 426 g/mol. The predicted octanol–water partition coefficient (Wildman–Crippen LogP) is 6.00. The van der Waals surface area contributed by atoms with Crippen molar-refractivity contribution in [2.45, 2.75) is 46.1 Å². The first kappa shape index (κ1) is 20.2. The van der Waals surface area contributed by atoms with Crippen LogP contribution < -0.4 is 5.32 Å². The normalized spacial score (nSPS) is 16.1. The van der Waals surface area contributed by atoms with E-state index in [1.807, 2.05) is 13.8 Å². The summed E-state index contributed by atoms with van der Waals surface area (Å²) in [6, 6.07) is 4.71. The molecular formula is C20H21Cl2NO3S. The number of rotatable bonds is 4. The number of carbonyl (C=O) groups excluding carboxylic acids is 2. The lowest BCUT2D eigenvalue weighted by Gasteiger charge is -2.19. The van der Waals surface area contributed by atoms with Gasteiger partial charge in [-0.25, -0.2) is 4.79 Å². The molecule has 7 heteroatoms. The summed E-state index contributed by atoms with van der Waals surface area (Å²) in [4.78, 5) is 26.6. The highest BCUT2D eigenvalue weighted by atomic mass is 35.5. The molecule has 4 nitrogen and oxygen atoms in total. The van der Waals surface area contributed by atoms with Crippen molar-refractivity contribution >= 4 is 51.4 Å². The maximum atomic E-state index is 12.8. The van der Waals surface area contributed by atoms with Crippen LogP contribution in [0.15, 0.2) is 18.2 Å². The van der Waals surface area contributed by atoms with E-state index >= 15 is 0 Å². The van der Waals surface area contributed by atoms with Crippen molar-refractivity contribution in [1.82, 2.24) is 0 Å². The Bertz CT molecular complexity index is 892. The molecule has 1 aromatic carbocycles. The monoisotopic (exact) mass is 425 g/mol. The number of fused-ring (bicyclic) bond motifs is 1. The van der Waals surface area contributed by atoms with Crippen molar-refractivity contribution in [1.29, 1.82) is 0 Å². The van der Waals surface area contributed by atoms with Crippen molar-refractivity contribution in [3.05, 3.63) is 49.8 Å². The quantitative estimate of drug-likeness (QED) is 0.611. The Morgan fingerprint density at radius 1 is 1.30 bits per heavy atom. The summed E-state index contributed by atoms with van der Waals surface area (Å²) >= 11 is 13.6. The Morgan fingerprint density at radius 2 is 2.04 bits per heavy atom. The number of amides is 1. The number of hydrogen-bond acceptors (Lipinski definition) is 4. The molecule has 0 spiro atoms. The third-order valence-corrected chi connectivity index (χ3v) is 6.19. The molecule has 0 saturated heterocycles. The van der Waals surface area contributed by atoms with E-state index < -0.39 is 11.9 Å². The summed E-state index contributed by atoms with van der Waals surface area (Å²) in [7, 11) is 0. The number of esters is 1. The summed E-state index contributed by atoms with van der Waals surface area (Å²) in [5.41, 5.74) is 1.74. The Morgan fingerprint density at radius 3 is 2.74 bits per heavy atom. The summed E-state index contributed by atoms with van der Waals surface area (Å²) in [6.07, 6.45) is 2.49. The number of anilines is 1. The van der Waals surface area contributed by atoms with Gasteiger partial charge >= 0.3 is 5.97 Å². The minimum Gasteiger partial charge on any atom is -0.459 e. The molecular weight excluding hydrogens is 405 g/mol. The molecule has 1 unspecified atom stereocenters. The van der Waals surface area contributed by atoms with Crippen molar-refractivity contribution in [2.75, 3.05) is 5.32 Å². The second kappa shape index (κ2) is 8.21. The Labute approximate surface area is 172 Å². The van der Waals surface area contributed by atoms with Gasteiger partial charge in [-0.05, 0) is 62.8 Å². The number of benzene rings is 1. The van der Waals surface area contributed by atoms with Crippen LogP contribution in [0.25, 0.3) is 0 Å². The van der Waals surface area contributed by atoms with E-state index in [2.05, 4.69) is 12.2 Å². The van der Waals surface area contributed by atoms with Crippen LogP contribution in [-0.4, -0.2) is 18.0 Å². The van der Waals surface area contributed by atoms with Gasteiger partial charge in [-0.1, -0.05) is 30.1 Å². The van der Waals surface area contributed by atoms with Gasteiger partial charge in [-0.2, -0.15) is 0 Å². The molecule has 0 radical (unpaired) electrons. The van der Waals surface area contributed by atoms with Crippen LogP contribution in [0.1, 0.15) is 58.3 Å². The van der Waals surface area contributed by atoms with Crippen molar-refractivity contribution in [2.24, 2.45) is 5.92 Å². The van der Waals surface area contributed by atoms with E-state index in [4.69, 9.17) is 27.9 Å². The minimum atomic E-state index is -0.399. The van der Waals surface area contributed by atoms with E-state index in [-0.39, 0.29) is 11.7 Å². The number of thiophene rings is 1. The maximum Gasteiger partial charge on any atom is 0.341 e. The van der Waals surface area contributed by atoms with Gasteiger partial charge in [0.2, 0.25) is 0 Å². The van der Waals surface area contributed by atoms with E-state index in [1.165, 1.54) is 17.4 Å². The summed E-state index contributed by atoms with van der Waals surface area (Å²) in [5, 5.41) is 4.09. The topological polar surface area (TPSA) is 55.4 Å². The third kappa shape index (κ3) is 4.48. The molecule has 3 rings (SSSR count). The first-order valence-corrected chi connectivity index (χ1v) is 10.5. The van der Waals surface area contributed by atoms with Crippen LogP contribution in [-0.2, 0) is 17.6 Å². The first-order chi connectivity index (χ1) is 12.8. The predicted molar refractivity (Wildman–Crippen MR) is 110 cm³/mol. The van der Waals surface area contributed by atoms with Crippen molar-refractivity contribution in [3.63, 3.8) is 0 Å². The molecule has 2 aromatic rings. The fourth-order valence-electron chi connectivity index (χ4n) is 3.17. The van der Waals surface area contributed by atoms with Crippen LogP contribution in [0.3, 0.4) is 0 Å². The Hall–Kier alpha value is -1.56. The molecule has 1 atom stereocenters. The van der Waals surface area contributed by atoms with Crippen LogP contribution in [0.4, 0.5) is 5.00 Å². The molecule has 27 heavy (non-hydrogen) atoms. The molecule has 1 aliphatic carbocycles.